The first kappa shape index (κ1) is 10.8. The Kier molecular flexibility index (Phi) is 2.97. The van der Waals surface area contributed by atoms with Crippen molar-refractivity contribution in [2.75, 3.05) is 5.73 Å². The van der Waals surface area contributed by atoms with Gasteiger partial charge in [0.2, 0.25) is 0 Å². The van der Waals surface area contributed by atoms with Gasteiger partial charge in [-0.25, -0.2) is 0 Å². The van der Waals surface area contributed by atoms with Gasteiger partial charge in [0, 0.05) is 12.7 Å². The number of aryl methyl sites for hydroxylation is 1. The standard InChI is InChI=1S/C12H12ClN3/c1-16-12(11(13)8-15-16)7-4-9-2-5-10(14)6-3-9/h2-8H,14H2,1H3/b7-4+. The molecule has 1 aromatic heterocycles. The number of nitrogens with two attached hydrogens (primary N) is 1. The number of benzene rings is 1. The third kappa shape index (κ3) is 2.25. The topological polar surface area (TPSA) is 43.8 Å². The summed E-state index contributed by atoms with van der Waals surface area (Å²) in [4.78, 5) is 0. The van der Waals surface area contributed by atoms with Crippen LogP contribution < -0.4 is 5.73 Å². The van der Waals surface area contributed by atoms with Gasteiger partial charge in [-0.2, -0.15) is 5.10 Å². The third-order valence-electron chi connectivity index (χ3n) is 2.31. The summed E-state index contributed by atoms with van der Waals surface area (Å²) in [6, 6.07) is 7.64. The zero-order valence-electron chi connectivity index (χ0n) is 8.89. The molecule has 16 heavy (non-hydrogen) atoms. The zero-order chi connectivity index (χ0) is 11.5. The van der Waals surface area contributed by atoms with Crippen molar-refractivity contribution < 1.29 is 0 Å². The second-order valence-electron chi connectivity index (χ2n) is 3.50. The lowest BCUT2D eigenvalue weighted by atomic mass is 10.2. The Morgan fingerprint density at radius 3 is 2.50 bits per heavy atom. The molecule has 0 aliphatic rings. The van der Waals surface area contributed by atoms with Gasteiger partial charge in [-0.05, 0) is 23.8 Å². The lowest BCUT2D eigenvalue weighted by molar-refractivity contribution is 0.760. The van der Waals surface area contributed by atoms with E-state index in [9.17, 15) is 0 Å². The maximum atomic E-state index is 5.98. The summed E-state index contributed by atoms with van der Waals surface area (Å²) in [5, 5.41) is 4.70. The predicted molar refractivity (Wildman–Crippen MR) is 68.0 cm³/mol. The van der Waals surface area contributed by atoms with Gasteiger partial charge < -0.3 is 5.73 Å². The first-order chi connectivity index (χ1) is 7.66. The van der Waals surface area contributed by atoms with Gasteiger partial charge in [0.05, 0.1) is 16.9 Å². The van der Waals surface area contributed by atoms with Crippen molar-refractivity contribution in [1.82, 2.24) is 9.78 Å². The highest BCUT2D eigenvalue weighted by atomic mass is 35.5. The van der Waals surface area contributed by atoms with Gasteiger partial charge in [-0.1, -0.05) is 29.8 Å². The van der Waals surface area contributed by atoms with Crippen molar-refractivity contribution in [3.63, 3.8) is 0 Å². The van der Waals surface area contributed by atoms with Crippen molar-refractivity contribution in [3.8, 4) is 0 Å². The Morgan fingerprint density at radius 1 is 1.25 bits per heavy atom. The molecule has 0 atom stereocenters. The fourth-order valence-corrected chi connectivity index (χ4v) is 1.62. The van der Waals surface area contributed by atoms with E-state index < -0.39 is 0 Å². The van der Waals surface area contributed by atoms with Crippen molar-refractivity contribution in [2.24, 2.45) is 7.05 Å². The molecule has 0 aliphatic carbocycles. The summed E-state index contributed by atoms with van der Waals surface area (Å²) < 4.78 is 1.73. The summed E-state index contributed by atoms with van der Waals surface area (Å²) in [6.07, 6.45) is 5.54. The second kappa shape index (κ2) is 4.41. The van der Waals surface area contributed by atoms with Crippen LogP contribution in [0.4, 0.5) is 5.69 Å². The highest BCUT2D eigenvalue weighted by Gasteiger charge is 2.01. The van der Waals surface area contributed by atoms with E-state index in [2.05, 4.69) is 5.10 Å². The molecule has 2 rings (SSSR count). The molecule has 4 heteroatoms. The molecular weight excluding hydrogens is 222 g/mol. The number of aromatic nitrogens is 2. The fourth-order valence-electron chi connectivity index (χ4n) is 1.39. The molecule has 82 valence electrons. The Bertz CT molecular complexity index is 492. The van der Waals surface area contributed by atoms with Crippen LogP contribution in [0.15, 0.2) is 30.5 Å². The number of anilines is 1. The van der Waals surface area contributed by atoms with E-state index in [1.807, 2.05) is 43.5 Å². The Morgan fingerprint density at radius 2 is 1.94 bits per heavy atom. The summed E-state index contributed by atoms with van der Waals surface area (Å²) in [5.41, 5.74) is 8.33. The van der Waals surface area contributed by atoms with Crippen molar-refractivity contribution in [2.45, 2.75) is 0 Å². The van der Waals surface area contributed by atoms with Crippen LogP contribution in [0.5, 0.6) is 0 Å². The van der Waals surface area contributed by atoms with Crippen LogP contribution >= 0.6 is 11.6 Å². The number of rotatable bonds is 2. The Labute approximate surface area is 99.1 Å². The second-order valence-corrected chi connectivity index (χ2v) is 3.91. The molecule has 0 spiro atoms. The van der Waals surface area contributed by atoms with Gasteiger partial charge in [0.25, 0.3) is 0 Å². The monoisotopic (exact) mass is 233 g/mol. The number of halogens is 1. The molecule has 0 aliphatic heterocycles. The molecule has 0 amide bonds. The molecular formula is C12H12ClN3. The van der Waals surface area contributed by atoms with Crippen LogP contribution in [0.25, 0.3) is 12.2 Å². The summed E-state index contributed by atoms with van der Waals surface area (Å²) in [5.74, 6) is 0. The predicted octanol–water partition coefficient (Wildman–Crippen LogP) is 2.83. The van der Waals surface area contributed by atoms with Crippen LogP contribution in [0.2, 0.25) is 5.02 Å². The van der Waals surface area contributed by atoms with E-state index in [1.54, 1.807) is 10.9 Å². The zero-order valence-corrected chi connectivity index (χ0v) is 9.65. The van der Waals surface area contributed by atoms with Crippen LogP contribution in [0.1, 0.15) is 11.3 Å². The summed E-state index contributed by atoms with van der Waals surface area (Å²) >= 11 is 5.98. The van der Waals surface area contributed by atoms with E-state index in [4.69, 9.17) is 17.3 Å². The number of nitrogen functional groups attached to an aromatic ring is 1. The molecule has 1 heterocycles. The molecule has 1 aromatic carbocycles. The third-order valence-corrected chi connectivity index (χ3v) is 2.60. The molecule has 0 fully saturated rings. The minimum absolute atomic E-state index is 0.647. The van der Waals surface area contributed by atoms with Gasteiger partial charge >= 0.3 is 0 Å². The van der Waals surface area contributed by atoms with Gasteiger partial charge in [-0.3, -0.25) is 4.68 Å². The van der Waals surface area contributed by atoms with Crippen molar-refractivity contribution >= 4 is 29.4 Å². The quantitative estimate of drug-likeness (QED) is 0.811. The number of hydrogen-bond donors (Lipinski definition) is 1. The molecule has 0 radical (unpaired) electrons. The largest absolute Gasteiger partial charge is 0.399 e. The highest BCUT2D eigenvalue weighted by molar-refractivity contribution is 6.31. The lowest BCUT2D eigenvalue weighted by Gasteiger charge is -1.97. The maximum absolute atomic E-state index is 5.98. The smallest absolute Gasteiger partial charge is 0.0859 e. The fraction of sp³-hybridized carbons (Fsp3) is 0.0833. The molecule has 0 unspecified atom stereocenters. The van der Waals surface area contributed by atoms with Crippen molar-refractivity contribution in [3.05, 3.63) is 46.7 Å². The summed E-state index contributed by atoms with van der Waals surface area (Å²) in [6.45, 7) is 0. The summed E-state index contributed by atoms with van der Waals surface area (Å²) in [7, 11) is 1.86. The van der Waals surface area contributed by atoms with E-state index >= 15 is 0 Å². The molecule has 0 bridgehead atoms. The SMILES string of the molecule is Cn1ncc(Cl)c1/C=C/c1ccc(N)cc1. The van der Waals surface area contributed by atoms with Crippen molar-refractivity contribution in [1.29, 1.82) is 0 Å². The average Bonchev–Trinajstić information content (AvgIpc) is 2.59. The Hall–Kier alpha value is -1.74. The first-order valence-electron chi connectivity index (χ1n) is 4.88. The lowest BCUT2D eigenvalue weighted by Crippen LogP contribution is -1.92. The van der Waals surface area contributed by atoms with Gasteiger partial charge in [0.15, 0.2) is 0 Å². The van der Waals surface area contributed by atoms with E-state index in [0.717, 1.165) is 16.9 Å². The average molecular weight is 234 g/mol. The molecule has 3 nitrogen and oxygen atoms in total. The minimum Gasteiger partial charge on any atom is -0.399 e. The number of hydrogen-bond acceptors (Lipinski definition) is 2. The van der Waals surface area contributed by atoms with E-state index in [1.165, 1.54) is 0 Å². The normalized spacial score (nSPS) is 11.1. The molecule has 2 aromatic rings. The molecule has 0 saturated carbocycles. The van der Waals surface area contributed by atoms with Crippen LogP contribution in [0, 0.1) is 0 Å². The van der Waals surface area contributed by atoms with Gasteiger partial charge in [0.1, 0.15) is 0 Å². The Balaban J connectivity index is 2.24. The van der Waals surface area contributed by atoms with E-state index in [0.29, 0.717) is 5.02 Å². The highest BCUT2D eigenvalue weighted by Crippen LogP contribution is 2.17. The maximum Gasteiger partial charge on any atom is 0.0859 e. The van der Waals surface area contributed by atoms with Gasteiger partial charge in [-0.15, -0.1) is 0 Å². The van der Waals surface area contributed by atoms with Crippen LogP contribution in [-0.2, 0) is 7.05 Å². The van der Waals surface area contributed by atoms with E-state index in [-0.39, 0.29) is 0 Å². The van der Waals surface area contributed by atoms with Crippen LogP contribution in [-0.4, -0.2) is 9.78 Å². The van der Waals surface area contributed by atoms with Crippen LogP contribution in [0.3, 0.4) is 0 Å². The minimum atomic E-state index is 0.647. The number of nitrogens with zero attached hydrogens (tertiary/aromatic N) is 2. The molecule has 0 saturated heterocycles. The first-order valence-corrected chi connectivity index (χ1v) is 5.26. The molecule has 2 N–H and O–H groups in total.